The third-order valence-electron chi connectivity index (χ3n) is 3.76. The van der Waals surface area contributed by atoms with E-state index in [1.807, 2.05) is 6.92 Å². The van der Waals surface area contributed by atoms with E-state index in [4.69, 9.17) is 4.74 Å². The maximum absolute atomic E-state index is 12.3. The topological polar surface area (TPSA) is 87.7 Å². The molecule has 1 unspecified atom stereocenters. The number of hydrogen-bond acceptors (Lipinski definition) is 5. The zero-order valence-electron chi connectivity index (χ0n) is 14.2. The summed E-state index contributed by atoms with van der Waals surface area (Å²) in [6.07, 6.45) is 3.70. The summed E-state index contributed by atoms with van der Waals surface area (Å²) in [5.74, 6) is -0.870. The molecule has 7 nitrogen and oxygen atoms in total. The number of nitrogens with zero attached hydrogens (tertiary/aromatic N) is 1. The molecule has 1 saturated heterocycles. The minimum Gasteiger partial charge on any atom is -0.466 e. The molecular weight excluding hydrogens is 298 g/mol. The normalized spacial score (nSPS) is 17.7. The minimum absolute atomic E-state index is 0.0871. The number of hydrogen-bond donors (Lipinski definition) is 2. The van der Waals surface area contributed by atoms with Gasteiger partial charge in [-0.1, -0.05) is 26.7 Å². The van der Waals surface area contributed by atoms with Crippen molar-refractivity contribution in [2.45, 2.75) is 52.0 Å². The van der Waals surface area contributed by atoms with Crippen molar-refractivity contribution in [1.82, 2.24) is 15.5 Å². The van der Waals surface area contributed by atoms with Crippen LogP contribution in [-0.4, -0.2) is 61.5 Å². The number of nitrogens with one attached hydrogen (secondary N) is 2. The van der Waals surface area contributed by atoms with E-state index in [0.717, 1.165) is 32.2 Å². The molecule has 1 aliphatic rings. The average molecular weight is 327 g/mol. The molecule has 2 N–H and O–H groups in total. The van der Waals surface area contributed by atoms with Crippen LogP contribution in [0.4, 0.5) is 0 Å². The van der Waals surface area contributed by atoms with Crippen molar-refractivity contribution in [2.24, 2.45) is 0 Å². The van der Waals surface area contributed by atoms with E-state index in [0.29, 0.717) is 19.7 Å². The third kappa shape index (κ3) is 6.99. The Bertz CT molecular complexity index is 401. The Hall–Kier alpha value is -1.63. The van der Waals surface area contributed by atoms with Crippen LogP contribution in [0.2, 0.25) is 0 Å². The number of carbonyl (C=O) groups is 3. The first-order valence-corrected chi connectivity index (χ1v) is 8.53. The summed E-state index contributed by atoms with van der Waals surface area (Å²) >= 11 is 0. The standard InChI is InChI=1S/C16H29N3O4/c1-3-5-7-17-12-14(20)19-9-8-18-16(22)13(19)11-15(21)23-10-6-4-2/h13,17H,3-12H2,1-2H3,(H,18,22). The number of esters is 1. The quantitative estimate of drug-likeness (QED) is 0.449. The minimum atomic E-state index is -0.765. The number of carbonyl (C=O) groups excluding carboxylic acids is 3. The Morgan fingerprint density at radius 2 is 2.04 bits per heavy atom. The molecule has 0 aromatic heterocycles. The van der Waals surface area contributed by atoms with Crippen LogP contribution < -0.4 is 10.6 Å². The summed E-state index contributed by atoms with van der Waals surface area (Å²) in [4.78, 5) is 37.6. The summed E-state index contributed by atoms with van der Waals surface area (Å²) in [5, 5.41) is 5.78. The fraction of sp³-hybridized carbons (Fsp3) is 0.812. The monoisotopic (exact) mass is 327 g/mol. The van der Waals surface area contributed by atoms with E-state index in [2.05, 4.69) is 17.6 Å². The maximum atomic E-state index is 12.3. The Kier molecular flexibility index (Phi) is 9.28. The highest BCUT2D eigenvalue weighted by atomic mass is 16.5. The predicted octanol–water partition coefficient (Wildman–Crippen LogP) is 0.437. The number of piperazine rings is 1. The third-order valence-corrected chi connectivity index (χ3v) is 3.76. The van der Waals surface area contributed by atoms with Gasteiger partial charge in [0.2, 0.25) is 11.8 Å². The van der Waals surface area contributed by atoms with Crippen LogP contribution >= 0.6 is 0 Å². The van der Waals surface area contributed by atoms with Gasteiger partial charge < -0.3 is 20.3 Å². The van der Waals surface area contributed by atoms with Crippen molar-refractivity contribution in [2.75, 3.05) is 32.8 Å². The zero-order valence-corrected chi connectivity index (χ0v) is 14.2. The Morgan fingerprint density at radius 3 is 2.74 bits per heavy atom. The molecule has 23 heavy (non-hydrogen) atoms. The molecule has 0 bridgehead atoms. The van der Waals surface area contributed by atoms with Crippen molar-refractivity contribution >= 4 is 17.8 Å². The molecular formula is C16H29N3O4. The fourth-order valence-corrected chi connectivity index (χ4v) is 2.36. The lowest BCUT2D eigenvalue weighted by Crippen LogP contribution is -2.59. The predicted molar refractivity (Wildman–Crippen MR) is 86.8 cm³/mol. The average Bonchev–Trinajstić information content (AvgIpc) is 2.53. The van der Waals surface area contributed by atoms with Crippen molar-refractivity contribution in [3.8, 4) is 0 Å². The second kappa shape index (κ2) is 11.0. The molecule has 7 heteroatoms. The number of rotatable bonds is 10. The van der Waals surface area contributed by atoms with Crippen LogP contribution in [0.1, 0.15) is 46.0 Å². The van der Waals surface area contributed by atoms with Crippen molar-refractivity contribution in [3.05, 3.63) is 0 Å². The van der Waals surface area contributed by atoms with Crippen molar-refractivity contribution in [3.63, 3.8) is 0 Å². The largest absolute Gasteiger partial charge is 0.466 e. The zero-order chi connectivity index (χ0) is 17.1. The molecule has 0 aromatic carbocycles. The van der Waals surface area contributed by atoms with Gasteiger partial charge in [-0.2, -0.15) is 0 Å². The van der Waals surface area contributed by atoms with E-state index in [1.165, 1.54) is 4.90 Å². The first-order valence-electron chi connectivity index (χ1n) is 8.53. The van der Waals surface area contributed by atoms with Gasteiger partial charge in [-0.05, 0) is 19.4 Å². The number of amides is 2. The highest BCUT2D eigenvalue weighted by molar-refractivity contribution is 5.92. The SMILES string of the molecule is CCCCNCC(=O)N1CCNC(=O)C1CC(=O)OCCCC. The van der Waals surface area contributed by atoms with Gasteiger partial charge in [0.1, 0.15) is 6.04 Å². The molecule has 0 aromatic rings. The Balaban J connectivity index is 2.51. The molecule has 132 valence electrons. The highest BCUT2D eigenvalue weighted by Gasteiger charge is 2.34. The van der Waals surface area contributed by atoms with Gasteiger partial charge in [-0.25, -0.2) is 0 Å². The summed E-state index contributed by atoms with van der Waals surface area (Å²) in [5.41, 5.74) is 0. The molecule has 1 rings (SSSR count). The summed E-state index contributed by atoms with van der Waals surface area (Å²) in [7, 11) is 0. The van der Waals surface area contributed by atoms with Crippen LogP contribution in [0.5, 0.6) is 0 Å². The molecule has 1 atom stereocenters. The van der Waals surface area contributed by atoms with Gasteiger partial charge in [0.25, 0.3) is 0 Å². The van der Waals surface area contributed by atoms with E-state index in [9.17, 15) is 14.4 Å². The van der Waals surface area contributed by atoms with Gasteiger partial charge in [0.15, 0.2) is 0 Å². The van der Waals surface area contributed by atoms with E-state index in [-0.39, 0.29) is 24.8 Å². The van der Waals surface area contributed by atoms with Crippen LogP contribution in [0, 0.1) is 0 Å². The second-order valence-corrected chi connectivity index (χ2v) is 5.70. The van der Waals surface area contributed by atoms with Gasteiger partial charge in [0, 0.05) is 13.1 Å². The van der Waals surface area contributed by atoms with Crippen LogP contribution in [0.3, 0.4) is 0 Å². The fourth-order valence-electron chi connectivity index (χ4n) is 2.36. The molecule has 0 radical (unpaired) electrons. The Morgan fingerprint density at radius 1 is 1.30 bits per heavy atom. The van der Waals surface area contributed by atoms with Crippen LogP contribution in [0.15, 0.2) is 0 Å². The molecule has 0 spiro atoms. The maximum Gasteiger partial charge on any atom is 0.308 e. The molecule has 0 aliphatic carbocycles. The second-order valence-electron chi connectivity index (χ2n) is 5.70. The molecule has 1 fully saturated rings. The van der Waals surface area contributed by atoms with Crippen molar-refractivity contribution in [1.29, 1.82) is 0 Å². The van der Waals surface area contributed by atoms with Gasteiger partial charge in [-0.15, -0.1) is 0 Å². The lowest BCUT2D eigenvalue weighted by Gasteiger charge is -2.34. The molecule has 1 aliphatic heterocycles. The van der Waals surface area contributed by atoms with E-state index >= 15 is 0 Å². The molecule has 0 saturated carbocycles. The number of ether oxygens (including phenoxy) is 1. The Labute approximate surface area is 138 Å². The number of unbranched alkanes of at least 4 members (excludes halogenated alkanes) is 2. The molecule has 2 amide bonds. The van der Waals surface area contributed by atoms with Crippen LogP contribution in [0.25, 0.3) is 0 Å². The lowest BCUT2D eigenvalue weighted by atomic mass is 10.1. The van der Waals surface area contributed by atoms with Crippen LogP contribution in [-0.2, 0) is 19.1 Å². The molecule has 1 heterocycles. The first-order chi connectivity index (χ1) is 11.1. The smallest absolute Gasteiger partial charge is 0.308 e. The first kappa shape index (κ1) is 19.4. The summed E-state index contributed by atoms with van der Waals surface area (Å²) in [6, 6.07) is -0.765. The van der Waals surface area contributed by atoms with Gasteiger partial charge >= 0.3 is 5.97 Å². The lowest BCUT2D eigenvalue weighted by molar-refractivity contribution is -0.151. The van der Waals surface area contributed by atoms with E-state index in [1.54, 1.807) is 0 Å². The highest BCUT2D eigenvalue weighted by Crippen LogP contribution is 2.10. The van der Waals surface area contributed by atoms with E-state index < -0.39 is 12.0 Å². The van der Waals surface area contributed by atoms with Crippen molar-refractivity contribution < 1.29 is 19.1 Å². The van der Waals surface area contributed by atoms with Gasteiger partial charge in [0.05, 0.1) is 19.6 Å². The summed E-state index contributed by atoms with van der Waals surface area (Å²) in [6.45, 7) is 6.25. The van der Waals surface area contributed by atoms with Gasteiger partial charge in [-0.3, -0.25) is 14.4 Å². The summed E-state index contributed by atoms with van der Waals surface area (Å²) < 4.78 is 5.10.